The molecule has 0 radical (unpaired) electrons. The van der Waals surface area contributed by atoms with Gasteiger partial charge in [0.1, 0.15) is 5.57 Å². The number of halogens is 1. The number of nitro groups is 1. The second-order valence-corrected chi connectivity index (χ2v) is 7.03. The van der Waals surface area contributed by atoms with Crippen LogP contribution in [0.15, 0.2) is 52.5 Å². The zero-order valence-electron chi connectivity index (χ0n) is 16.2. The van der Waals surface area contributed by atoms with Gasteiger partial charge in [-0.05, 0) is 52.7 Å². The van der Waals surface area contributed by atoms with Crippen LogP contribution in [-0.4, -0.2) is 35.9 Å². The lowest BCUT2D eigenvalue weighted by Crippen LogP contribution is -2.35. The van der Waals surface area contributed by atoms with E-state index in [4.69, 9.17) is 9.47 Å². The highest BCUT2D eigenvalue weighted by molar-refractivity contribution is 9.10. The van der Waals surface area contributed by atoms with Crippen molar-refractivity contribution in [3.8, 4) is 5.75 Å². The number of esters is 1. The summed E-state index contributed by atoms with van der Waals surface area (Å²) in [6.07, 6.45) is 1.24. The van der Waals surface area contributed by atoms with E-state index in [1.807, 2.05) is 0 Å². The summed E-state index contributed by atoms with van der Waals surface area (Å²) in [4.78, 5) is 47.3. The molecule has 160 valence electrons. The molecule has 0 aromatic heterocycles. The molecule has 1 aliphatic heterocycles. The van der Waals surface area contributed by atoms with Gasteiger partial charge in [-0.25, -0.2) is 9.80 Å². The number of nitrogens with zero attached hydrogens (tertiary/aromatic N) is 2. The molecule has 1 N–H and O–H groups in total. The predicted octanol–water partition coefficient (Wildman–Crippen LogP) is 2.76. The second kappa shape index (κ2) is 9.39. The Morgan fingerprint density at radius 2 is 1.97 bits per heavy atom. The van der Waals surface area contributed by atoms with E-state index in [2.05, 4.69) is 21.4 Å². The monoisotopic (exact) mass is 489 g/mol. The van der Waals surface area contributed by atoms with E-state index >= 15 is 0 Å². The van der Waals surface area contributed by atoms with Crippen molar-refractivity contribution in [3.05, 3.63) is 68.2 Å². The molecule has 2 aromatic rings. The van der Waals surface area contributed by atoms with Gasteiger partial charge in [0.05, 0.1) is 21.7 Å². The van der Waals surface area contributed by atoms with Crippen LogP contribution in [0.5, 0.6) is 5.75 Å². The molecule has 0 spiro atoms. The quantitative estimate of drug-likeness (QED) is 0.208. The SMILES string of the molecule is CCOC(=O)COc1c(Br)cc(/C=C2/C(=O)NN(c3ccccc3)C2=O)cc1[N+](=O)[O-]. The van der Waals surface area contributed by atoms with E-state index in [0.717, 1.165) is 11.1 Å². The van der Waals surface area contributed by atoms with Gasteiger partial charge >= 0.3 is 11.7 Å². The molecular formula is C20H16BrN3O7. The number of hydrazine groups is 1. The van der Waals surface area contributed by atoms with Crippen LogP contribution in [0.1, 0.15) is 12.5 Å². The van der Waals surface area contributed by atoms with Crippen molar-refractivity contribution in [2.45, 2.75) is 6.92 Å². The molecule has 10 nitrogen and oxygen atoms in total. The third-order valence-corrected chi connectivity index (χ3v) is 4.69. The van der Waals surface area contributed by atoms with Crippen LogP contribution < -0.4 is 15.2 Å². The number of nitro benzene ring substituents is 1. The fraction of sp³-hybridized carbons (Fsp3) is 0.150. The predicted molar refractivity (Wildman–Crippen MR) is 113 cm³/mol. The first-order chi connectivity index (χ1) is 14.8. The molecule has 1 saturated heterocycles. The third kappa shape index (κ3) is 4.89. The Labute approximate surface area is 184 Å². The van der Waals surface area contributed by atoms with Crippen LogP contribution >= 0.6 is 15.9 Å². The first-order valence-corrected chi connectivity index (χ1v) is 9.79. The number of hydrogen-bond donors (Lipinski definition) is 1. The number of carbonyl (C=O) groups excluding carboxylic acids is 3. The van der Waals surface area contributed by atoms with E-state index < -0.39 is 35.0 Å². The fourth-order valence-electron chi connectivity index (χ4n) is 2.78. The molecule has 2 amide bonds. The molecule has 0 unspecified atom stereocenters. The minimum absolute atomic E-state index is 0.147. The molecule has 1 fully saturated rings. The highest BCUT2D eigenvalue weighted by Gasteiger charge is 2.34. The van der Waals surface area contributed by atoms with Crippen LogP contribution in [0, 0.1) is 10.1 Å². The summed E-state index contributed by atoms with van der Waals surface area (Å²) in [7, 11) is 0. The number of rotatable bonds is 7. The Kier molecular flexibility index (Phi) is 6.65. The van der Waals surface area contributed by atoms with Crippen LogP contribution in [0.25, 0.3) is 6.08 Å². The number of para-hydroxylation sites is 1. The van der Waals surface area contributed by atoms with Gasteiger partial charge in [-0.15, -0.1) is 0 Å². The van der Waals surface area contributed by atoms with Crippen LogP contribution in [0.3, 0.4) is 0 Å². The molecule has 1 aliphatic rings. The standard InChI is InChI=1S/C20H16BrN3O7/c1-2-30-17(25)11-31-18-15(21)9-12(10-16(18)24(28)29)8-14-19(26)22-23(20(14)27)13-6-4-3-5-7-13/h3-10H,2,11H2,1H3,(H,22,26)/b14-8-. The summed E-state index contributed by atoms with van der Waals surface area (Å²) < 4.78 is 10.2. The highest BCUT2D eigenvalue weighted by atomic mass is 79.9. The normalized spacial score (nSPS) is 14.5. The maximum absolute atomic E-state index is 12.7. The molecule has 1 heterocycles. The van der Waals surface area contributed by atoms with Crippen molar-refractivity contribution in [2.24, 2.45) is 0 Å². The summed E-state index contributed by atoms with van der Waals surface area (Å²) in [6.45, 7) is 1.26. The van der Waals surface area contributed by atoms with E-state index in [9.17, 15) is 24.5 Å². The number of hydrogen-bond acceptors (Lipinski definition) is 7. The van der Waals surface area contributed by atoms with E-state index in [1.165, 1.54) is 12.1 Å². The Hall–Kier alpha value is -3.73. The smallest absolute Gasteiger partial charge is 0.344 e. The zero-order chi connectivity index (χ0) is 22.5. The van der Waals surface area contributed by atoms with Gasteiger partial charge in [-0.3, -0.25) is 25.1 Å². The topological polar surface area (TPSA) is 128 Å². The van der Waals surface area contributed by atoms with Gasteiger partial charge in [-0.2, -0.15) is 0 Å². The molecule has 0 bridgehead atoms. The van der Waals surface area contributed by atoms with Crippen molar-refractivity contribution in [1.82, 2.24) is 5.43 Å². The largest absolute Gasteiger partial charge is 0.474 e. The molecule has 31 heavy (non-hydrogen) atoms. The van der Waals surface area contributed by atoms with Crippen molar-refractivity contribution in [3.63, 3.8) is 0 Å². The lowest BCUT2D eigenvalue weighted by Gasteiger charge is -2.13. The molecule has 0 atom stereocenters. The van der Waals surface area contributed by atoms with Gasteiger partial charge < -0.3 is 9.47 Å². The first-order valence-electron chi connectivity index (χ1n) is 9.00. The molecule has 2 aromatic carbocycles. The lowest BCUT2D eigenvalue weighted by atomic mass is 10.1. The van der Waals surface area contributed by atoms with E-state index in [-0.39, 0.29) is 28.0 Å². The van der Waals surface area contributed by atoms with Gasteiger partial charge in [-0.1, -0.05) is 18.2 Å². The lowest BCUT2D eigenvalue weighted by molar-refractivity contribution is -0.385. The highest BCUT2D eigenvalue weighted by Crippen LogP contribution is 2.37. The average Bonchev–Trinajstić information content (AvgIpc) is 3.01. The van der Waals surface area contributed by atoms with Crippen LogP contribution in [0.2, 0.25) is 0 Å². The van der Waals surface area contributed by atoms with Gasteiger partial charge in [0.2, 0.25) is 5.75 Å². The molecule has 3 rings (SSSR count). The van der Waals surface area contributed by atoms with Gasteiger partial charge in [0, 0.05) is 6.07 Å². The number of nitrogens with one attached hydrogen (secondary N) is 1. The third-order valence-electron chi connectivity index (χ3n) is 4.10. The summed E-state index contributed by atoms with van der Waals surface area (Å²) >= 11 is 3.18. The summed E-state index contributed by atoms with van der Waals surface area (Å²) in [6, 6.07) is 11.1. The summed E-state index contributed by atoms with van der Waals surface area (Å²) in [5, 5.41) is 12.6. The number of anilines is 1. The first kappa shape index (κ1) is 22.0. The number of amides is 2. The molecule has 11 heteroatoms. The van der Waals surface area contributed by atoms with E-state index in [1.54, 1.807) is 37.3 Å². The van der Waals surface area contributed by atoms with Gasteiger partial charge in [0.15, 0.2) is 6.61 Å². The molecule has 0 saturated carbocycles. The van der Waals surface area contributed by atoms with Crippen LogP contribution in [-0.2, 0) is 19.1 Å². The Morgan fingerprint density at radius 3 is 2.61 bits per heavy atom. The van der Waals surface area contributed by atoms with Crippen molar-refractivity contribution >= 4 is 51.2 Å². The Morgan fingerprint density at radius 1 is 1.26 bits per heavy atom. The van der Waals surface area contributed by atoms with Crippen molar-refractivity contribution in [1.29, 1.82) is 0 Å². The molecule has 0 aliphatic carbocycles. The summed E-state index contributed by atoms with van der Waals surface area (Å²) in [5.41, 5.74) is 2.51. The second-order valence-electron chi connectivity index (χ2n) is 6.18. The molecular weight excluding hydrogens is 474 g/mol. The maximum atomic E-state index is 12.7. The van der Waals surface area contributed by atoms with E-state index in [0.29, 0.717) is 5.69 Å². The minimum atomic E-state index is -0.694. The van der Waals surface area contributed by atoms with Gasteiger partial charge in [0.25, 0.3) is 11.8 Å². The summed E-state index contributed by atoms with van der Waals surface area (Å²) in [5.74, 6) is -2.09. The van der Waals surface area contributed by atoms with Crippen molar-refractivity contribution in [2.75, 3.05) is 18.2 Å². The zero-order valence-corrected chi connectivity index (χ0v) is 17.7. The fourth-order valence-corrected chi connectivity index (χ4v) is 3.36. The number of carbonyl (C=O) groups is 3. The minimum Gasteiger partial charge on any atom is -0.474 e. The maximum Gasteiger partial charge on any atom is 0.344 e. The average molecular weight is 490 g/mol. The number of benzene rings is 2. The van der Waals surface area contributed by atoms with Crippen LogP contribution in [0.4, 0.5) is 11.4 Å². The Bertz CT molecular complexity index is 1090. The Balaban J connectivity index is 1.91. The van der Waals surface area contributed by atoms with Crippen molar-refractivity contribution < 1.29 is 28.8 Å². The number of ether oxygens (including phenoxy) is 2.